The van der Waals surface area contributed by atoms with Crippen LogP contribution in [0.4, 0.5) is 0 Å². The molecule has 8 nitrogen and oxygen atoms in total. The lowest BCUT2D eigenvalue weighted by Crippen LogP contribution is -2.38. The number of hydrogen-bond acceptors (Lipinski definition) is 6. The van der Waals surface area contributed by atoms with Crippen molar-refractivity contribution < 1.29 is 29.3 Å². The van der Waals surface area contributed by atoms with Crippen molar-refractivity contribution in [2.45, 2.75) is 201 Å². The summed E-state index contributed by atoms with van der Waals surface area (Å²) < 4.78 is 6.19. The van der Waals surface area contributed by atoms with Gasteiger partial charge in [-0.3, -0.25) is 14.4 Å². The third-order valence-corrected chi connectivity index (χ3v) is 11.4. The molecule has 2 aliphatic rings. The van der Waals surface area contributed by atoms with Crippen LogP contribution in [0.5, 0.6) is 0 Å². The highest BCUT2D eigenvalue weighted by Gasteiger charge is 2.39. The first-order valence-electron chi connectivity index (χ1n) is 21.5. The van der Waals surface area contributed by atoms with Crippen LogP contribution in [0.1, 0.15) is 183 Å². The van der Waals surface area contributed by atoms with Crippen molar-refractivity contribution in [3.8, 4) is 0 Å². The summed E-state index contributed by atoms with van der Waals surface area (Å²) in [5, 5.41) is 27.1. The Hall–Kier alpha value is -2.45. The molecule has 8 heteroatoms. The number of esters is 1. The molecule has 0 aromatic rings. The molecule has 0 aromatic carbocycles. The van der Waals surface area contributed by atoms with Crippen molar-refractivity contribution in [2.75, 3.05) is 13.1 Å². The van der Waals surface area contributed by atoms with Gasteiger partial charge in [-0.25, -0.2) is 0 Å². The highest BCUT2D eigenvalue weighted by atomic mass is 16.5. The van der Waals surface area contributed by atoms with Crippen LogP contribution in [0.25, 0.3) is 0 Å². The Balaban J connectivity index is 1.60. The predicted octanol–water partition coefficient (Wildman–Crippen LogP) is 9.58. The molecule has 0 heterocycles. The molecular formula is C45H78N2O6. The molecule has 2 rings (SSSR count). The first-order valence-corrected chi connectivity index (χ1v) is 21.5. The van der Waals surface area contributed by atoms with E-state index in [0.29, 0.717) is 50.6 Å². The lowest BCUT2D eigenvalue weighted by atomic mass is 9.69. The summed E-state index contributed by atoms with van der Waals surface area (Å²) in [4.78, 5) is 37.7. The monoisotopic (exact) mass is 743 g/mol. The van der Waals surface area contributed by atoms with Crippen LogP contribution in [0.15, 0.2) is 34.9 Å². The number of amides is 2. The molecule has 3 unspecified atom stereocenters. The SMILES string of the molecule is CCCCCCCCC=CCCCCCCCC(=O)NCCNC(=O)C[C@H](O)C[C@@H](O)CCC1=C2C(CC=C1C)CC(C)CC2OC(=O)C(C)(C)CC. The molecular weight excluding hydrogens is 665 g/mol. The van der Waals surface area contributed by atoms with Gasteiger partial charge in [-0.2, -0.15) is 0 Å². The zero-order valence-electron chi connectivity index (χ0n) is 34.6. The van der Waals surface area contributed by atoms with Gasteiger partial charge in [-0.1, -0.05) is 95.9 Å². The van der Waals surface area contributed by atoms with Crippen LogP contribution in [0, 0.1) is 17.3 Å². The summed E-state index contributed by atoms with van der Waals surface area (Å²) in [6, 6.07) is 0. The summed E-state index contributed by atoms with van der Waals surface area (Å²) in [7, 11) is 0. The van der Waals surface area contributed by atoms with Crippen LogP contribution in [0.3, 0.4) is 0 Å². The zero-order chi connectivity index (χ0) is 39.1. The van der Waals surface area contributed by atoms with Crippen molar-refractivity contribution in [1.82, 2.24) is 10.6 Å². The normalized spacial score (nSPS) is 20.2. The van der Waals surface area contributed by atoms with Gasteiger partial charge in [0.1, 0.15) is 6.10 Å². The lowest BCUT2D eigenvalue weighted by molar-refractivity contribution is -0.159. The topological polar surface area (TPSA) is 125 Å². The van der Waals surface area contributed by atoms with E-state index < -0.39 is 17.6 Å². The minimum absolute atomic E-state index is 0.00227. The van der Waals surface area contributed by atoms with E-state index in [9.17, 15) is 24.6 Å². The Morgan fingerprint density at radius 2 is 1.47 bits per heavy atom. The number of nitrogens with one attached hydrogen (secondary N) is 2. The van der Waals surface area contributed by atoms with Crippen LogP contribution in [-0.4, -0.2) is 59.4 Å². The van der Waals surface area contributed by atoms with Crippen LogP contribution in [-0.2, 0) is 19.1 Å². The summed E-state index contributed by atoms with van der Waals surface area (Å²) in [6.07, 6.45) is 26.0. The van der Waals surface area contributed by atoms with Crippen molar-refractivity contribution >= 4 is 17.8 Å². The second-order valence-electron chi connectivity index (χ2n) is 16.8. The fourth-order valence-corrected chi connectivity index (χ4v) is 7.65. The second kappa shape index (κ2) is 26.4. The Morgan fingerprint density at radius 1 is 0.868 bits per heavy atom. The number of rotatable bonds is 28. The van der Waals surface area contributed by atoms with E-state index in [1.807, 2.05) is 20.8 Å². The molecule has 0 radical (unpaired) electrons. The second-order valence-corrected chi connectivity index (χ2v) is 16.8. The van der Waals surface area contributed by atoms with E-state index in [-0.39, 0.29) is 36.7 Å². The Bertz CT molecular complexity index is 1170. The number of aliphatic hydroxyl groups is 2. The Kier molecular flexibility index (Phi) is 23.2. The van der Waals surface area contributed by atoms with E-state index in [1.165, 1.54) is 74.5 Å². The molecule has 4 N–H and O–H groups in total. The number of hydrogen-bond donors (Lipinski definition) is 4. The molecule has 0 saturated heterocycles. The molecule has 1 fully saturated rings. The third kappa shape index (κ3) is 19.1. The fraction of sp³-hybridized carbons (Fsp3) is 0.800. The van der Waals surface area contributed by atoms with Gasteiger partial charge >= 0.3 is 5.97 Å². The highest BCUT2D eigenvalue weighted by Crippen LogP contribution is 2.45. The van der Waals surface area contributed by atoms with Gasteiger partial charge in [0.15, 0.2) is 0 Å². The molecule has 53 heavy (non-hydrogen) atoms. The van der Waals surface area contributed by atoms with Crippen molar-refractivity contribution in [2.24, 2.45) is 17.3 Å². The average Bonchev–Trinajstić information content (AvgIpc) is 3.11. The third-order valence-electron chi connectivity index (χ3n) is 11.4. The number of unbranched alkanes of at least 4 members (excludes halogenated alkanes) is 11. The molecule has 1 saturated carbocycles. The van der Waals surface area contributed by atoms with Crippen molar-refractivity contribution in [3.63, 3.8) is 0 Å². The summed E-state index contributed by atoms with van der Waals surface area (Å²) >= 11 is 0. The van der Waals surface area contributed by atoms with Crippen molar-refractivity contribution in [3.05, 3.63) is 34.9 Å². The minimum Gasteiger partial charge on any atom is -0.457 e. The molecule has 0 aliphatic heterocycles. The molecule has 0 aromatic heterocycles. The predicted molar refractivity (Wildman–Crippen MR) is 217 cm³/mol. The number of ether oxygens (including phenoxy) is 1. The maximum absolute atomic E-state index is 13.1. The standard InChI is InChI=1S/C45H78N2O6/c1-7-9-10-11-12-13-14-15-16-17-18-19-20-21-22-23-41(50)46-28-29-47-42(51)33-38(49)32-37(48)26-27-39-35(4)24-25-36-30-34(3)31-40(43(36)39)53-44(52)45(5,6)8-2/h15-16,24,34,36-38,40,48-49H,7-14,17-23,25-33H2,1-6H3,(H,46,50)(H,47,51)/t34?,36?,37-,38+,40?/m0/s1. The van der Waals surface area contributed by atoms with Gasteiger partial charge in [0.25, 0.3) is 0 Å². The Labute approximate surface area is 323 Å². The van der Waals surface area contributed by atoms with Gasteiger partial charge in [-0.05, 0) is 121 Å². The number of carbonyl (C=O) groups excluding carboxylic acids is 3. The number of allylic oxidation sites excluding steroid dienone is 5. The van der Waals surface area contributed by atoms with E-state index in [4.69, 9.17) is 4.74 Å². The van der Waals surface area contributed by atoms with Gasteiger partial charge in [0.2, 0.25) is 11.8 Å². The van der Waals surface area contributed by atoms with Crippen LogP contribution < -0.4 is 10.6 Å². The van der Waals surface area contributed by atoms with Crippen molar-refractivity contribution in [1.29, 1.82) is 0 Å². The van der Waals surface area contributed by atoms with E-state index in [0.717, 1.165) is 44.9 Å². The van der Waals surface area contributed by atoms with E-state index in [1.54, 1.807) is 0 Å². The first kappa shape index (κ1) is 46.7. The Morgan fingerprint density at radius 3 is 2.11 bits per heavy atom. The smallest absolute Gasteiger partial charge is 0.312 e. The summed E-state index contributed by atoms with van der Waals surface area (Å²) in [5.74, 6) is 0.343. The minimum atomic E-state index is -0.963. The van der Waals surface area contributed by atoms with Crippen LogP contribution in [0.2, 0.25) is 0 Å². The first-order chi connectivity index (χ1) is 25.4. The van der Waals surface area contributed by atoms with Gasteiger partial charge < -0.3 is 25.6 Å². The van der Waals surface area contributed by atoms with Gasteiger partial charge in [0.05, 0.1) is 24.0 Å². The molecule has 2 aliphatic carbocycles. The molecule has 0 spiro atoms. The maximum atomic E-state index is 13.1. The van der Waals surface area contributed by atoms with Crippen LogP contribution >= 0.6 is 0 Å². The average molecular weight is 743 g/mol. The molecule has 2 amide bonds. The number of aliphatic hydroxyl groups excluding tert-OH is 2. The van der Waals surface area contributed by atoms with Gasteiger partial charge in [0, 0.05) is 19.5 Å². The van der Waals surface area contributed by atoms with E-state index >= 15 is 0 Å². The number of carbonyl (C=O) groups is 3. The maximum Gasteiger partial charge on any atom is 0.312 e. The van der Waals surface area contributed by atoms with Gasteiger partial charge in [-0.15, -0.1) is 0 Å². The lowest BCUT2D eigenvalue weighted by Gasteiger charge is -2.40. The molecule has 5 atom stereocenters. The molecule has 304 valence electrons. The number of fused-ring (bicyclic) bond motifs is 1. The summed E-state index contributed by atoms with van der Waals surface area (Å²) in [5.41, 5.74) is 3.03. The molecule has 0 bridgehead atoms. The fourth-order valence-electron chi connectivity index (χ4n) is 7.65. The zero-order valence-corrected chi connectivity index (χ0v) is 34.6. The highest BCUT2D eigenvalue weighted by molar-refractivity contribution is 5.77. The van der Waals surface area contributed by atoms with E-state index in [2.05, 4.69) is 49.6 Å². The quantitative estimate of drug-likeness (QED) is 0.0360. The summed E-state index contributed by atoms with van der Waals surface area (Å²) in [6.45, 7) is 13.1. The largest absolute Gasteiger partial charge is 0.457 e.